The summed E-state index contributed by atoms with van der Waals surface area (Å²) in [5.74, 6) is 0. The zero-order chi connectivity index (χ0) is 14.5. The summed E-state index contributed by atoms with van der Waals surface area (Å²) in [5.41, 5.74) is 7.64. The van der Waals surface area contributed by atoms with E-state index in [9.17, 15) is 0 Å². The van der Waals surface area contributed by atoms with Crippen LogP contribution in [0.2, 0.25) is 0 Å². The van der Waals surface area contributed by atoms with Crippen molar-refractivity contribution >= 4 is 10.8 Å². The zero-order valence-electron chi connectivity index (χ0n) is 12.8. The molecule has 2 heteroatoms. The Morgan fingerprint density at radius 3 is 2.40 bits per heavy atom. The van der Waals surface area contributed by atoms with Crippen LogP contribution in [0.3, 0.4) is 0 Å². The van der Waals surface area contributed by atoms with Crippen molar-refractivity contribution in [2.45, 2.75) is 39.3 Å². The molecule has 2 unspecified atom stereocenters. The Balaban J connectivity index is 2.16. The molecule has 0 aliphatic heterocycles. The van der Waals surface area contributed by atoms with E-state index in [1.165, 1.54) is 16.3 Å². The lowest BCUT2D eigenvalue weighted by Crippen LogP contribution is -2.38. The van der Waals surface area contributed by atoms with Crippen LogP contribution in [0, 0.1) is 0 Å². The Bertz CT molecular complexity index is 550. The lowest BCUT2D eigenvalue weighted by molar-refractivity contribution is 0.202. The highest BCUT2D eigenvalue weighted by Crippen LogP contribution is 2.20. The third-order valence-corrected chi connectivity index (χ3v) is 4.25. The largest absolute Gasteiger partial charge is 0.323 e. The molecule has 2 nitrogen and oxygen atoms in total. The fourth-order valence-corrected chi connectivity index (χ4v) is 2.68. The Labute approximate surface area is 122 Å². The average molecular weight is 270 g/mol. The first kappa shape index (κ1) is 15.0. The van der Waals surface area contributed by atoms with Crippen LogP contribution < -0.4 is 5.73 Å². The molecule has 2 aromatic rings. The number of hydrogen-bond acceptors (Lipinski definition) is 2. The van der Waals surface area contributed by atoms with Crippen molar-refractivity contribution in [3.63, 3.8) is 0 Å². The van der Waals surface area contributed by atoms with Gasteiger partial charge in [0.1, 0.15) is 0 Å². The maximum absolute atomic E-state index is 6.41. The minimum Gasteiger partial charge on any atom is -0.323 e. The third-order valence-electron chi connectivity index (χ3n) is 4.25. The van der Waals surface area contributed by atoms with Gasteiger partial charge in [-0.15, -0.1) is 0 Å². The standard InChI is InChI=1S/C18H26N2/c1-4-14(3)20(5-2)13-18(19)17-11-10-15-8-6-7-9-16(15)12-17/h6-12,14,18H,4-5,13,19H2,1-3H3. The van der Waals surface area contributed by atoms with Crippen molar-refractivity contribution in [1.29, 1.82) is 0 Å². The van der Waals surface area contributed by atoms with Crippen LogP contribution in [0.4, 0.5) is 0 Å². The van der Waals surface area contributed by atoms with E-state index >= 15 is 0 Å². The van der Waals surface area contributed by atoms with Crippen molar-refractivity contribution in [3.8, 4) is 0 Å². The normalized spacial score (nSPS) is 14.7. The van der Waals surface area contributed by atoms with Gasteiger partial charge in [0, 0.05) is 18.6 Å². The summed E-state index contributed by atoms with van der Waals surface area (Å²) >= 11 is 0. The highest BCUT2D eigenvalue weighted by molar-refractivity contribution is 5.83. The van der Waals surface area contributed by atoms with Gasteiger partial charge in [0.2, 0.25) is 0 Å². The van der Waals surface area contributed by atoms with E-state index in [2.05, 4.69) is 68.1 Å². The summed E-state index contributed by atoms with van der Waals surface area (Å²) in [6.45, 7) is 8.69. The Hall–Kier alpha value is -1.38. The SMILES string of the molecule is CCC(C)N(CC)CC(N)c1ccc2ccccc2c1. The van der Waals surface area contributed by atoms with Crippen molar-refractivity contribution in [2.24, 2.45) is 5.73 Å². The predicted octanol–water partition coefficient (Wildman–Crippen LogP) is 3.96. The topological polar surface area (TPSA) is 29.3 Å². The van der Waals surface area contributed by atoms with E-state index in [4.69, 9.17) is 5.73 Å². The van der Waals surface area contributed by atoms with Crippen LogP contribution in [0.1, 0.15) is 38.8 Å². The number of hydrogen-bond donors (Lipinski definition) is 1. The lowest BCUT2D eigenvalue weighted by Gasteiger charge is -2.29. The second-order valence-corrected chi connectivity index (χ2v) is 5.56. The highest BCUT2D eigenvalue weighted by atomic mass is 15.2. The van der Waals surface area contributed by atoms with E-state index in [1.54, 1.807) is 0 Å². The molecule has 2 rings (SSSR count). The molecule has 0 saturated heterocycles. The Morgan fingerprint density at radius 2 is 1.75 bits per heavy atom. The van der Waals surface area contributed by atoms with E-state index in [1.807, 2.05) is 0 Å². The molecule has 0 spiro atoms. The van der Waals surface area contributed by atoms with Crippen molar-refractivity contribution < 1.29 is 0 Å². The number of rotatable bonds is 6. The van der Waals surface area contributed by atoms with Crippen LogP contribution in [-0.4, -0.2) is 24.0 Å². The number of nitrogens with zero attached hydrogens (tertiary/aromatic N) is 1. The smallest absolute Gasteiger partial charge is 0.0424 e. The molecule has 0 radical (unpaired) electrons. The maximum atomic E-state index is 6.41. The lowest BCUT2D eigenvalue weighted by atomic mass is 10.0. The van der Waals surface area contributed by atoms with Crippen molar-refractivity contribution in [1.82, 2.24) is 4.90 Å². The molecule has 2 atom stereocenters. The van der Waals surface area contributed by atoms with E-state index in [-0.39, 0.29) is 6.04 Å². The fraction of sp³-hybridized carbons (Fsp3) is 0.444. The summed E-state index contributed by atoms with van der Waals surface area (Å²) in [5, 5.41) is 2.55. The van der Waals surface area contributed by atoms with Gasteiger partial charge < -0.3 is 5.73 Å². The van der Waals surface area contributed by atoms with Gasteiger partial charge in [-0.1, -0.05) is 50.2 Å². The van der Waals surface area contributed by atoms with Crippen molar-refractivity contribution in [3.05, 3.63) is 48.0 Å². The van der Waals surface area contributed by atoms with Gasteiger partial charge in [-0.05, 0) is 42.3 Å². The zero-order valence-corrected chi connectivity index (χ0v) is 12.8. The predicted molar refractivity (Wildman–Crippen MR) is 87.9 cm³/mol. The molecule has 0 amide bonds. The van der Waals surface area contributed by atoms with Gasteiger partial charge in [0.25, 0.3) is 0 Å². The van der Waals surface area contributed by atoms with Gasteiger partial charge in [-0.25, -0.2) is 0 Å². The molecule has 108 valence electrons. The highest BCUT2D eigenvalue weighted by Gasteiger charge is 2.15. The monoisotopic (exact) mass is 270 g/mol. The molecule has 2 aromatic carbocycles. The molecule has 0 aromatic heterocycles. The van der Waals surface area contributed by atoms with Crippen LogP contribution in [0.5, 0.6) is 0 Å². The molecule has 2 N–H and O–H groups in total. The van der Waals surface area contributed by atoms with Gasteiger partial charge in [0.05, 0.1) is 0 Å². The van der Waals surface area contributed by atoms with E-state index in [0.717, 1.165) is 19.5 Å². The number of fused-ring (bicyclic) bond motifs is 1. The fourth-order valence-electron chi connectivity index (χ4n) is 2.68. The van der Waals surface area contributed by atoms with Gasteiger partial charge >= 0.3 is 0 Å². The first-order valence-electron chi connectivity index (χ1n) is 7.64. The van der Waals surface area contributed by atoms with Gasteiger partial charge in [-0.2, -0.15) is 0 Å². The number of benzene rings is 2. The second-order valence-electron chi connectivity index (χ2n) is 5.56. The van der Waals surface area contributed by atoms with Crippen LogP contribution in [0.25, 0.3) is 10.8 Å². The Kier molecular flexibility index (Phi) is 5.16. The van der Waals surface area contributed by atoms with Crippen LogP contribution in [0.15, 0.2) is 42.5 Å². The summed E-state index contributed by atoms with van der Waals surface area (Å²) in [6.07, 6.45) is 1.16. The van der Waals surface area contributed by atoms with E-state index < -0.39 is 0 Å². The minimum atomic E-state index is 0.0774. The Morgan fingerprint density at radius 1 is 1.05 bits per heavy atom. The first-order chi connectivity index (χ1) is 9.65. The average Bonchev–Trinajstić information content (AvgIpc) is 2.51. The van der Waals surface area contributed by atoms with Gasteiger partial charge in [-0.3, -0.25) is 4.90 Å². The van der Waals surface area contributed by atoms with E-state index in [0.29, 0.717) is 6.04 Å². The molecule has 0 aliphatic rings. The molecule has 0 saturated carbocycles. The molecule has 0 bridgehead atoms. The second kappa shape index (κ2) is 6.87. The van der Waals surface area contributed by atoms with Gasteiger partial charge in [0.15, 0.2) is 0 Å². The maximum Gasteiger partial charge on any atom is 0.0424 e. The molecule has 0 aliphatic carbocycles. The van der Waals surface area contributed by atoms with Crippen LogP contribution >= 0.6 is 0 Å². The molecule has 0 fully saturated rings. The molecular formula is C18H26N2. The van der Waals surface area contributed by atoms with Crippen LogP contribution in [-0.2, 0) is 0 Å². The summed E-state index contributed by atoms with van der Waals surface area (Å²) < 4.78 is 0. The van der Waals surface area contributed by atoms with Crippen molar-refractivity contribution in [2.75, 3.05) is 13.1 Å². The summed E-state index contributed by atoms with van der Waals surface area (Å²) in [4.78, 5) is 2.46. The molecular weight excluding hydrogens is 244 g/mol. The third kappa shape index (κ3) is 3.38. The minimum absolute atomic E-state index is 0.0774. The number of nitrogens with two attached hydrogens (primary N) is 1. The molecule has 20 heavy (non-hydrogen) atoms. The molecule has 0 heterocycles. The first-order valence-corrected chi connectivity index (χ1v) is 7.64. The summed E-state index contributed by atoms with van der Waals surface area (Å²) in [7, 11) is 0. The number of likely N-dealkylation sites (N-methyl/N-ethyl adjacent to an activating group) is 1. The summed E-state index contributed by atoms with van der Waals surface area (Å²) in [6, 6.07) is 15.7. The quantitative estimate of drug-likeness (QED) is 0.861.